The van der Waals surface area contributed by atoms with Crippen LogP contribution in [0.15, 0.2) is 12.1 Å². The van der Waals surface area contributed by atoms with Crippen LogP contribution in [0.2, 0.25) is 0 Å². The van der Waals surface area contributed by atoms with Crippen LogP contribution in [0, 0.1) is 0 Å². The number of nitrogens with two attached hydrogens (primary N) is 2. The Hall–Kier alpha value is -2.02. The SMILES string of the molecule is COC(=O)c1cc2sc(N)[n+](N)c2cc1OC. The van der Waals surface area contributed by atoms with Crippen LogP contribution < -0.4 is 21.0 Å². The summed E-state index contributed by atoms with van der Waals surface area (Å²) >= 11 is 1.29. The molecular weight excluding hydrogens is 242 g/mol. The van der Waals surface area contributed by atoms with Crippen molar-refractivity contribution in [3.8, 4) is 5.75 Å². The first kappa shape index (κ1) is 11.5. The van der Waals surface area contributed by atoms with Gasteiger partial charge in [0.2, 0.25) is 0 Å². The summed E-state index contributed by atoms with van der Waals surface area (Å²) in [4.78, 5) is 11.6. The predicted molar refractivity (Wildman–Crippen MR) is 64.5 cm³/mol. The molecule has 17 heavy (non-hydrogen) atoms. The highest BCUT2D eigenvalue weighted by Gasteiger charge is 2.20. The minimum Gasteiger partial charge on any atom is -0.496 e. The van der Waals surface area contributed by atoms with Gasteiger partial charge in [-0.3, -0.25) is 11.6 Å². The minimum atomic E-state index is -0.459. The van der Waals surface area contributed by atoms with Crippen molar-refractivity contribution < 1.29 is 18.9 Å². The molecule has 7 heteroatoms. The zero-order valence-electron chi connectivity index (χ0n) is 9.39. The molecule has 1 heterocycles. The molecule has 0 amide bonds. The predicted octanol–water partition coefficient (Wildman–Crippen LogP) is 0.280. The molecule has 2 rings (SSSR count). The summed E-state index contributed by atoms with van der Waals surface area (Å²) in [6, 6.07) is 3.32. The fourth-order valence-electron chi connectivity index (χ4n) is 1.54. The van der Waals surface area contributed by atoms with E-state index in [1.807, 2.05) is 0 Å². The number of esters is 1. The molecule has 0 radical (unpaired) electrons. The molecule has 1 aromatic carbocycles. The highest BCUT2D eigenvalue weighted by atomic mass is 32.1. The standard InChI is InChI=1S/C10H11N3O3S/c1-15-7-4-6-8(17-10(11)13(6)12)3-5(7)9(14)16-2/h3-4,11H,12H2,1-2H3/p+1. The smallest absolute Gasteiger partial charge is 0.356 e. The number of methoxy groups -OCH3 is 2. The van der Waals surface area contributed by atoms with E-state index in [4.69, 9.17) is 16.3 Å². The number of benzene rings is 1. The maximum atomic E-state index is 11.6. The van der Waals surface area contributed by atoms with Crippen LogP contribution in [0.25, 0.3) is 10.2 Å². The molecule has 0 spiro atoms. The van der Waals surface area contributed by atoms with Crippen LogP contribution in [0.5, 0.6) is 5.75 Å². The van der Waals surface area contributed by atoms with Gasteiger partial charge in [0.25, 0.3) is 0 Å². The number of rotatable bonds is 2. The lowest BCUT2D eigenvalue weighted by Crippen LogP contribution is -2.45. The normalized spacial score (nSPS) is 10.5. The second-order valence-corrected chi connectivity index (χ2v) is 4.38. The largest absolute Gasteiger partial charge is 0.496 e. The van der Waals surface area contributed by atoms with Crippen molar-refractivity contribution in [1.82, 2.24) is 0 Å². The lowest BCUT2D eigenvalue weighted by atomic mass is 10.2. The summed E-state index contributed by atoms with van der Waals surface area (Å²) in [5, 5.41) is 0.448. The van der Waals surface area contributed by atoms with Crippen LogP contribution in [0.3, 0.4) is 0 Å². The van der Waals surface area contributed by atoms with Crippen molar-refractivity contribution in [3.63, 3.8) is 0 Å². The van der Waals surface area contributed by atoms with E-state index in [9.17, 15) is 4.79 Å². The summed E-state index contributed by atoms with van der Waals surface area (Å²) < 4.78 is 12.0. The summed E-state index contributed by atoms with van der Waals surface area (Å²) in [5.41, 5.74) is 6.76. The Morgan fingerprint density at radius 2 is 2.12 bits per heavy atom. The third kappa shape index (κ3) is 1.74. The first-order valence-corrected chi connectivity index (χ1v) is 5.55. The summed E-state index contributed by atoms with van der Waals surface area (Å²) in [6.45, 7) is 0. The zero-order valence-corrected chi connectivity index (χ0v) is 10.2. The number of carbonyl (C=O) groups excluding carboxylic acids is 1. The van der Waals surface area contributed by atoms with E-state index in [0.29, 0.717) is 22.0 Å². The van der Waals surface area contributed by atoms with Gasteiger partial charge in [-0.05, 0) is 17.4 Å². The topological polar surface area (TPSA) is 91.5 Å². The van der Waals surface area contributed by atoms with Gasteiger partial charge in [-0.1, -0.05) is 0 Å². The van der Waals surface area contributed by atoms with Crippen LogP contribution in [-0.2, 0) is 4.74 Å². The maximum absolute atomic E-state index is 11.6. The minimum absolute atomic E-state index is 0.351. The molecule has 2 aromatic rings. The number of fused-ring (bicyclic) bond motifs is 1. The molecule has 0 atom stereocenters. The average molecular weight is 254 g/mol. The summed E-state index contributed by atoms with van der Waals surface area (Å²) in [5.74, 6) is 5.70. The van der Waals surface area contributed by atoms with E-state index in [0.717, 1.165) is 4.70 Å². The lowest BCUT2D eigenvalue weighted by Gasteiger charge is -2.05. The monoisotopic (exact) mass is 254 g/mol. The maximum Gasteiger partial charge on any atom is 0.356 e. The Bertz CT molecular complexity index is 594. The molecule has 0 saturated heterocycles. The van der Waals surface area contributed by atoms with Gasteiger partial charge in [-0.25, -0.2) is 4.79 Å². The Morgan fingerprint density at radius 1 is 1.41 bits per heavy atom. The lowest BCUT2D eigenvalue weighted by molar-refractivity contribution is -0.591. The van der Waals surface area contributed by atoms with E-state index in [1.54, 1.807) is 12.1 Å². The van der Waals surface area contributed by atoms with Crippen LogP contribution in [0.4, 0.5) is 5.13 Å². The number of hydrogen-bond acceptors (Lipinski definition) is 6. The van der Waals surface area contributed by atoms with Crippen LogP contribution in [0.1, 0.15) is 10.4 Å². The molecule has 90 valence electrons. The number of hydrogen-bond donors (Lipinski definition) is 2. The van der Waals surface area contributed by atoms with Gasteiger partial charge in [-0.15, -0.1) is 4.68 Å². The molecule has 0 bridgehead atoms. The molecule has 4 N–H and O–H groups in total. The van der Waals surface area contributed by atoms with Crippen molar-refractivity contribution in [2.45, 2.75) is 0 Å². The quantitative estimate of drug-likeness (QED) is 0.456. The van der Waals surface area contributed by atoms with Gasteiger partial charge in [0.1, 0.15) is 11.3 Å². The van der Waals surface area contributed by atoms with Crippen molar-refractivity contribution in [2.24, 2.45) is 0 Å². The van der Waals surface area contributed by atoms with Crippen LogP contribution in [-0.4, -0.2) is 20.2 Å². The number of thiazole rings is 1. The Morgan fingerprint density at radius 3 is 2.71 bits per heavy atom. The number of nitrogens with zero attached hydrogens (tertiary/aromatic N) is 1. The molecule has 0 aliphatic carbocycles. The van der Waals surface area contributed by atoms with Gasteiger partial charge in [0.05, 0.1) is 18.9 Å². The molecule has 1 aromatic heterocycles. The third-order valence-electron chi connectivity index (χ3n) is 2.40. The number of ether oxygens (including phenoxy) is 2. The Balaban J connectivity index is 2.73. The Labute approximate surface area is 101 Å². The molecule has 0 fully saturated rings. The van der Waals surface area contributed by atoms with Crippen molar-refractivity contribution in [2.75, 3.05) is 25.8 Å². The summed E-state index contributed by atoms with van der Waals surface area (Å²) in [6.07, 6.45) is 0. The van der Waals surface area contributed by atoms with Gasteiger partial charge >= 0.3 is 11.1 Å². The second-order valence-electron chi connectivity index (χ2n) is 3.32. The van der Waals surface area contributed by atoms with Crippen molar-refractivity contribution >= 4 is 32.7 Å². The van der Waals surface area contributed by atoms with E-state index >= 15 is 0 Å². The van der Waals surface area contributed by atoms with Gasteiger partial charge in [0.15, 0.2) is 5.52 Å². The molecule has 0 saturated carbocycles. The van der Waals surface area contributed by atoms with Gasteiger partial charge in [0, 0.05) is 6.07 Å². The number of aromatic nitrogens is 1. The van der Waals surface area contributed by atoms with Crippen molar-refractivity contribution in [1.29, 1.82) is 0 Å². The number of carbonyl (C=O) groups is 1. The molecule has 6 nitrogen and oxygen atoms in total. The van der Waals surface area contributed by atoms with E-state index < -0.39 is 5.97 Å². The fourth-order valence-corrected chi connectivity index (χ4v) is 2.40. The number of nitrogen functional groups attached to an aromatic ring is 2. The first-order valence-electron chi connectivity index (χ1n) is 4.74. The molecule has 0 aliphatic heterocycles. The highest BCUT2D eigenvalue weighted by Crippen LogP contribution is 2.29. The second kappa shape index (κ2) is 4.10. The zero-order chi connectivity index (χ0) is 12.6. The van der Waals surface area contributed by atoms with Crippen LogP contribution >= 0.6 is 11.3 Å². The van der Waals surface area contributed by atoms with E-state index in [1.165, 1.54) is 30.2 Å². The fraction of sp³-hybridized carbons (Fsp3) is 0.200. The third-order valence-corrected chi connectivity index (χ3v) is 3.35. The molecular formula is C10H12N3O3S+. The Kier molecular flexibility index (Phi) is 2.76. The first-order chi connectivity index (χ1) is 8.08. The summed E-state index contributed by atoms with van der Waals surface area (Å²) in [7, 11) is 2.79. The highest BCUT2D eigenvalue weighted by molar-refractivity contribution is 7.21. The number of anilines is 1. The molecule has 0 aliphatic rings. The van der Waals surface area contributed by atoms with Gasteiger partial charge in [-0.2, -0.15) is 0 Å². The van der Waals surface area contributed by atoms with E-state index in [-0.39, 0.29) is 0 Å². The average Bonchev–Trinajstić information content (AvgIpc) is 2.62. The van der Waals surface area contributed by atoms with E-state index in [2.05, 4.69) is 4.74 Å². The van der Waals surface area contributed by atoms with Crippen molar-refractivity contribution in [3.05, 3.63) is 17.7 Å². The van der Waals surface area contributed by atoms with Gasteiger partial charge < -0.3 is 9.47 Å². The molecule has 0 unspecified atom stereocenters.